The van der Waals surface area contributed by atoms with Gasteiger partial charge in [-0.15, -0.1) is 0 Å². The Balaban J connectivity index is 2.31. The number of hydrogen-bond acceptors (Lipinski definition) is 3. The molecule has 2 N–H and O–H groups in total. The van der Waals surface area contributed by atoms with E-state index in [0.717, 1.165) is 24.0 Å². The van der Waals surface area contributed by atoms with Crippen LogP contribution in [0.2, 0.25) is 0 Å². The molecule has 1 aromatic carbocycles. The number of phenols is 2. The average molecular weight is 204 g/mol. The van der Waals surface area contributed by atoms with Crippen LogP contribution >= 0.6 is 0 Å². The average Bonchev–Trinajstić information content (AvgIpc) is 2.59. The van der Waals surface area contributed by atoms with E-state index in [2.05, 4.69) is 0 Å². The lowest BCUT2D eigenvalue weighted by atomic mass is 10.1. The lowest BCUT2D eigenvalue weighted by Crippen LogP contribution is -1.90. The van der Waals surface area contributed by atoms with E-state index in [1.165, 1.54) is 12.1 Å². The number of hydrogen-bond donors (Lipinski definition) is 2. The van der Waals surface area contributed by atoms with Crippen molar-refractivity contribution in [2.45, 2.75) is 19.3 Å². The van der Waals surface area contributed by atoms with Crippen LogP contribution in [-0.4, -0.2) is 16.0 Å². The van der Waals surface area contributed by atoms with Crippen LogP contribution in [0.3, 0.4) is 0 Å². The first-order chi connectivity index (χ1) is 7.16. The second-order valence-corrected chi connectivity index (χ2v) is 3.69. The zero-order valence-corrected chi connectivity index (χ0v) is 8.23. The molecule has 0 saturated heterocycles. The van der Waals surface area contributed by atoms with Crippen LogP contribution in [0.15, 0.2) is 23.8 Å². The van der Waals surface area contributed by atoms with Crippen LogP contribution in [-0.2, 0) is 4.79 Å². The quantitative estimate of drug-likeness (QED) is 0.544. The number of aromatic hydroxyl groups is 2. The van der Waals surface area contributed by atoms with Crippen molar-refractivity contribution in [2.75, 3.05) is 0 Å². The third kappa shape index (κ3) is 2.01. The number of carbonyl (C=O) groups excluding carboxylic acids is 1. The minimum atomic E-state index is -0.158. The maximum atomic E-state index is 11.4. The molecule has 0 heterocycles. The normalized spacial score (nSPS) is 18.7. The summed E-state index contributed by atoms with van der Waals surface area (Å²) in [6.07, 6.45) is 4.11. The maximum Gasteiger partial charge on any atom is 0.158 e. The smallest absolute Gasteiger partial charge is 0.158 e. The van der Waals surface area contributed by atoms with Gasteiger partial charge in [-0.2, -0.15) is 0 Å². The molecule has 3 heteroatoms. The summed E-state index contributed by atoms with van der Waals surface area (Å²) in [5.74, 6) is -0.118. The molecule has 1 aliphatic carbocycles. The summed E-state index contributed by atoms with van der Waals surface area (Å²) in [5.41, 5.74) is 1.55. The van der Waals surface area contributed by atoms with E-state index in [1.807, 2.05) is 0 Å². The molecule has 0 spiro atoms. The molecular weight excluding hydrogens is 192 g/mol. The van der Waals surface area contributed by atoms with Gasteiger partial charge in [0.25, 0.3) is 0 Å². The molecule has 0 aliphatic heterocycles. The summed E-state index contributed by atoms with van der Waals surface area (Å²) in [6, 6.07) is 4.54. The molecule has 0 aromatic heterocycles. The van der Waals surface area contributed by atoms with Gasteiger partial charge in [-0.25, -0.2) is 0 Å². The predicted molar refractivity (Wildman–Crippen MR) is 56.6 cm³/mol. The highest BCUT2D eigenvalue weighted by molar-refractivity contribution is 6.01. The summed E-state index contributed by atoms with van der Waals surface area (Å²) < 4.78 is 0. The fourth-order valence-electron chi connectivity index (χ4n) is 1.72. The fourth-order valence-corrected chi connectivity index (χ4v) is 1.72. The number of ketones is 1. The Kier molecular flexibility index (Phi) is 2.46. The highest BCUT2D eigenvalue weighted by Gasteiger charge is 2.16. The molecule has 1 fully saturated rings. The topological polar surface area (TPSA) is 57.5 Å². The standard InChI is InChI=1S/C12H12O3/c13-10-3-1-2-9(10)6-8-4-5-11(14)12(15)7-8/h4-7,14-15H,1-3H2/b9-6+. The van der Waals surface area contributed by atoms with E-state index < -0.39 is 0 Å². The Morgan fingerprint density at radius 1 is 1.13 bits per heavy atom. The van der Waals surface area contributed by atoms with Crippen LogP contribution in [0.25, 0.3) is 6.08 Å². The molecule has 78 valence electrons. The van der Waals surface area contributed by atoms with Crippen molar-refractivity contribution in [2.24, 2.45) is 0 Å². The van der Waals surface area contributed by atoms with Gasteiger partial charge in [-0.05, 0) is 42.2 Å². The van der Waals surface area contributed by atoms with Crippen LogP contribution in [0, 0.1) is 0 Å². The minimum Gasteiger partial charge on any atom is -0.504 e. The van der Waals surface area contributed by atoms with Crippen molar-refractivity contribution in [1.29, 1.82) is 0 Å². The van der Waals surface area contributed by atoms with Crippen LogP contribution in [0.1, 0.15) is 24.8 Å². The monoisotopic (exact) mass is 204 g/mol. The van der Waals surface area contributed by atoms with Gasteiger partial charge in [0.15, 0.2) is 17.3 Å². The highest BCUT2D eigenvalue weighted by Crippen LogP contribution is 2.28. The SMILES string of the molecule is O=C1CCC/C1=C\c1ccc(O)c(O)c1. The molecule has 0 bridgehead atoms. The first kappa shape index (κ1) is 9.77. The van der Waals surface area contributed by atoms with Gasteiger partial charge in [-0.3, -0.25) is 4.79 Å². The Morgan fingerprint density at radius 3 is 2.53 bits per heavy atom. The molecular formula is C12H12O3. The Labute approximate surface area is 87.7 Å². The first-order valence-electron chi connectivity index (χ1n) is 4.92. The molecule has 1 aromatic rings. The third-order valence-corrected chi connectivity index (χ3v) is 2.55. The highest BCUT2D eigenvalue weighted by atomic mass is 16.3. The van der Waals surface area contributed by atoms with Gasteiger partial charge in [0, 0.05) is 6.42 Å². The summed E-state index contributed by atoms with van der Waals surface area (Å²) >= 11 is 0. The van der Waals surface area contributed by atoms with Gasteiger partial charge in [0.1, 0.15) is 0 Å². The van der Waals surface area contributed by atoms with Gasteiger partial charge >= 0.3 is 0 Å². The van der Waals surface area contributed by atoms with Gasteiger partial charge in [0.05, 0.1) is 0 Å². The lowest BCUT2D eigenvalue weighted by molar-refractivity contribution is -0.114. The second kappa shape index (κ2) is 3.77. The van der Waals surface area contributed by atoms with Gasteiger partial charge in [0.2, 0.25) is 0 Å². The largest absolute Gasteiger partial charge is 0.504 e. The molecule has 0 radical (unpaired) electrons. The molecule has 1 saturated carbocycles. The summed E-state index contributed by atoms with van der Waals surface area (Å²) in [6.45, 7) is 0. The number of allylic oxidation sites excluding steroid dienone is 1. The zero-order chi connectivity index (χ0) is 10.8. The van der Waals surface area contributed by atoms with Crippen molar-refractivity contribution in [3.05, 3.63) is 29.3 Å². The third-order valence-electron chi connectivity index (χ3n) is 2.55. The van der Waals surface area contributed by atoms with Crippen molar-refractivity contribution in [3.8, 4) is 11.5 Å². The molecule has 0 amide bonds. The summed E-state index contributed by atoms with van der Waals surface area (Å²) in [4.78, 5) is 11.4. The molecule has 3 nitrogen and oxygen atoms in total. The predicted octanol–water partition coefficient (Wildman–Crippen LogP) is 2.23. The second-order valence-electron chi connectivity index (χ2n) is 3.69. The lowest BCUT2D eigenvalue weighted by Gasteiger charge is -2.00. The molecule has 2 rings (SSSR count). The van der Waals surface area contributed by atoms with E-state index in [4.69, 9.17) is 5.11 Å². The van der Waals surface area contributed by atoms with Gasteiger partial charge in [-0.1, -0.05) is 6.07 Å². The van der Waals surface area contributed by atoms with Crippen molar-refractivity contribution in [3.63, 3.8) is 0 Å². The molecule has 1 aliphatic rings. The fraction of sp³-hybridized carbons (Fsp3) is 0.250. The summed E-state index contributed by atoms with van der Waals surface area (Å²) in [5, 5.41) is 18.4. The number of rotatable bonds is 1. The summed E-state index contributed by atoms with van der Waals surface area (Å²) in [7, 11) is 0. The minimum absolute atomic E-state index is 0.144. The van der Waals surface area contributed by atoms with E-state index in [-0.39, 0.29) is 17.3 Å². The zero-order valence-electron chi connectivity index (χ0n) is 8.23. The van der Waals surface area contributed by atoms with Crippen LogP contribution in [0.5, 0.6) is 11.5 Å². The number of Topliss-reactive ketones (excluding diaryl/α,β-unsaturated/α-hetero) is 1. The first-order valence-corrected chi connectivity index (χ1v) is 4.92. The number of benzene rings is 1. The van der Waals surface area contributed by atoms with E-state index in [9.17, 15) is 9.90 Å². The van der Waals surface area contributed by atoms with E-state index >= 15 is 0 Å². The van der Waals surface area contributed by atoms with Gasteiger partial charge < -0.3 is 10.2 Å². The Morgan fingerprint density at radius 2 is 1.93 bits per heavy atom. The van der Waals surface area contributed by atoms with Crippen LogP contribution in [0.4, 0.5) is 0 Å². The number of phenolic OH excluding ortho intramolecular Hbond substituents is 2. The number of carbonyl (C=O) groups is 1. The van der Waals surface area contributed by atoms with Crippen LogP contribution < -0.4 is 0 Å². The van der Waals surface area contributed by atoms with Crippen molar-refractivity contribution < 1.29 is 15.0 Å². The molecule has 0 atom stereocenters. The van der Waals surface area contributed by atoms with Crippen molar-refractivity contribution >= 4 is 11.9 Å². The van der Waals surface area contributed by atoms with E-state index in [1.54, 1.807) is 12.1 Å². The van der Waals surface area contributed by atoms with Crippen molar-refractivity contribution in [1.82, 2.24) is 0 Å². The molecule has 15 heavy (non-hydrogen) atoms. The van der Waals surface area contributed by atoms with E-state index in [0.29, 0.717) is 6.42 Å². The molecule has 0 unspecified atom stereocenters. The maximum absolute atomic E-state index is 11.4. The Hall–Kier alpha value is -1.77. The Bertz CT molecular complexity index is 432.